The lowest BCUT2D eigenvalue weighted by molar-refractivity contribution is 0.0698. The minimum absolute atomic E-state index is 0.0640. The minimum atomic E-state index is -1.08. The first-order valence-electron chi connectivity index (χ1n) is 5.71. The van der Waals surface area contributed by atoms with Gasteiger partial charge in [0.15, 0.2) is 6.73 Å². The van der Waals surface area contributed by atoms with Crippen molar-refractivity contribution in [2.45, 2.75) is 13.8 Å². The zero-order chi connectivity index (χ0) is 14.0. The molecule has 2 N–H and O–H groups in total. The zero-order valence-corrected chi connectivity index (χ0v) is 10.6. The molecule has 0 radical (unpaired) electrons. The molecule has 19 heavy (non-hydrogen) atoms. The van der Waals surface area contributed by atoms with Crippen LogP contribution in [0.2, 0.25) is 0 Å². The fraction of sp³-hybridized carbons (Fsp3) is 0.231. The second kappa shape index (κ2) is 5.01. The number of aryl methyl sites for hydroxylation is 1. The first-order valence-corrected chi connectivity index (χ1v) is 5.71. The molecule has 0 bridgehead atoms. The van der Waals surface area contributed by atoms with Gasteiger partial charge in [0.25, 0.3) is 0 Å². The normalized spacial score (nSPS) is 13.8. The minimum Gasteiger partial charge on any atom is -0.478 e. The number of carboxylic acid groups (broad SMARTS) is 1. The lowest BCUT2D eigenvalue weighted by atomic mass is 10.1. The summed E-state index contributed by atoms with van der Waals surface area (Å²) >= 11 is 0. The number of carbonyl (C=O) groups excluding carboxylic acids is 1. The van der Waals surface area contributed by atoms with E-state index in [4.69, 9.17) is 9.84 Å². The number of anilines is 1. The third kappa shape index (κ3) is 2.67. The monoisotopic (exact) mass is 262 g/mol. The number of hydrogen-bond donors (Lipinski definition) is 2. The van der Waals surface area contributed by atoms with Gasteiger partial charge in [0.05, 0.1) is 11.3 Å². The highest BCUT2D eigenvalue weighted by molar-refractivity contribution is 6.01. The molecule has 0 saturated heterocycles. The molecule has 6 heteroatoms. The van der Waals surface area contributed by atoms with Crippen LogP contribution in [0.4, 0.5) is 10.5 Å². The van der Waals surface area contributed by atoms with E-state index >= 15 is 0 Å². The Hall–Kier alpha value is -2.50. The van der Waals surface area contributed by atoms with E-state index in [9.17, 15) is 9.59 Å². The van der Waals surface area contributed by atoms with Crippen molar-refractivity contribution < 1.29 is 19.4 Å². The van der Waals surface area contributed by atoms with Gasteiger partial charge >= 0.3 is 12.0 Å². The number of rotatable bonds is 2. The van der Waals surface area contributed by atoms with E-state index < -0.39 is 12.0 Å². The van der Waals surface area contributed by atoms with Gasteiger partial charge in [0.2, 0.25) is 0 Å². The Labute approximate surface area is 110 Å². The molecule has 0 spiro atoms. The zero-order valence-electron chi connectivity index (χ0n) is 10.6. The molecule has 100 valence electrons. The van der Waals surface area contributed by atoms with E-state index in [2.05, 4.69) is 5.32 Å². The standard InChI is InChI=1S/C13H14N2O4/c1-8-4-3-5-10(12(16)17)11(8)14-13(18)15-6-9(2)19-7-15/h3-6H,7H2,1-2H3,(H,14,18)(H,16,17). The predicted molar refractivity (Wildman–Crippen MR) is 68.7 cm³/mol. The third-order valence-electron chi connectivity index (χ3n) is 2.76. The molecule has 2 amide bonds. The van der Waals surface area contributed by atoms with Crippen molar-refractivity contribution in [2.75, 3.05) is 12.0 Å². The summed E-state index contributed by atoms with van der Waals surface area (Å²) in [7, 11) is 0. The maximum atomic E-state index is 12.0. The quantitative estimate of drug-likeness (QED) is 0.857. The lowest BCUT2D eigenvalue weighted by Crippen LogP contribution is -2.30. The molecule has 6 nitrogen and oxygen atoms in total. The van der Waals surface area contributed by atoms with Crippen molar-refractivity contribution in [3.05, 3.63) is 41.3 Å². The van der Waals surface area contributed by atoms with Crippen LogP contribution in [0.25, 0.3) is 0 Å². The van der Waals surface area contributed by atoms with Crippen LogP contribution in [0.3, 0.4) is 0 Å². The maximum Gasteiger partial charge on any atom is 0.337 e. The molecule has 1 aliphatic heterocycles. The van der Waals surface area contributed by atoms with Crippen molar-refractivity contribution in [1.82, 2.24) is 4.90 Å². The molecular formula is C13H14N2O4. The van der Waals surface area contributed by atoms with Crippen LogP contribution in [0.1, 0.15) is 22.8 Å². The highest BCUT2D eigenvalue weighted by Crippen LogP contribution is 2.22. The Morgan fingerprint density at radius 3 is 2.68 bits per heavy atom. The van der Waals surface area contributed by atoms with Gasteiger partial charge in [0, 0.05) is 6.20 Å². The number of urea groups is 1. The van der Waals surface area contributed by atoms with Crippen LogP contribution in [0.5, 0.6) is 0 Å². The fourth-order valence-electron chi connectivity index (χ4n) is 1.77. The Balaban J connectivity index is 2.24. The Kier molecular flexibility index (Phi) is 3.41. The molecule has 0 unspecified atom stereocenters. The second-order valence-electron chi connectivity index (χ2n) is 4.22. The molecule has 0 aliphatic carbocycles. The van der Waals surface area contributed by atoms with E-state index in [0.29, 0.717) is 17.0 Å². The van der Waals surface area contributed by atoms with E-state index in [-0.39, 0.29) is 12.3 Å². The summed E-state index contributed by atoms with van der Waals surface area (Å²) in [4.78, 5) is 24.5. The molecule has 0 saturated carbocycles. The number of nitrogens with zero attached hydrogens (tertiary/aromatic N) is 1. The Morgan fingerprint density at radius 1 is 1.37 bits per heavy atom. The summed E-state index contributed by atoms with van der Waals surface area (Å²) in [6.45, 7) is 3.61. The van der Waals surface area contributed by atoms with Crippen LogP contribution in [0, 0.1) is 6.92 Å². The van der Waals surface area contributed by atoms with Crippen molar-refractivity contribution >= 4 is 17.7 Å². The number of ether oxygens (including phenoxy) is 1. The Bertz CT molecular complexity index is 566. The highest BCUT2D eigenvalue weighted by atomic mass is 16.5. The summed E-state index contributed by atoms with van der Waals surface area (Å²) in [6, 6.07) is 4.40. The number of carboxylic acids is 1. The molecule has 2 rings (SSSR count). The average molecular weight is 262 g/mol. The van der Waals surface area contributed by atoms with E-state index in [1.807, 2.05) is 0 Å². The maximum absolute atomic E-state index is 12.0. The molecule has 1 aromatic carbocycles. The van der Waals surface area contributed by atoms with Crippen molar-refractivity contribution in [3.63, 3.8) is 0 Å². The number of allylic oxidation sites excluding steroid dienone is 1. The number of para-hydroxylation sites is 1. The summed E-state index contributed by atoms with van der Waals surface area (Å²) in [5, 5.41) is 11.7. The van der Waals surface area contributed by atoms with Crippen LogP contribution >= 0.6 is 0 Å². The van der Waals surface area contributed by atoms with Gasteiger partial charge in [-0.25, -0.2) is 9.59 Å². The molecule has 0 fully saturated rings. The smallest absolute Gasteiger partial charge is 0.337 e. The van der Waals surface area contributed by atoms with Gasteiger partial charge in [-0.1, -0.05) is 12.1 Å². The van der Waals surface area contributed by atoms with Crippen LogP contribution < -0.4 is 5.32 Å². The summed E-state index contributed by atoms with van der Waals surface area (Å²) in [6.07, 6.45) is 1.56. The van der Waals surface area contributed by atoms with Gasteiger partial charge in [0.1, 0.15) is 5.76 Å². The van der Waals surface area contributed by atoms with Crippen LogP contribution in [-0.2, 0) is 4.74 Å². The molecular weight excluding hydrogens is 248 g/mol. The summed E-state index contributed by atoms with van der Waals surface area (Å²) in [5.41, 5.74) is 1.06. The Morgan fingerprint density at radius 2 is 2.11 bits per heavy atom. The predicted octanol–water partition coefficient (Wildman–Crippen LogP) is 2.38. The highest BCUT2D eigenvalue weighted by Gasteiger charge is 2.20. The van der Waals surface area contributed by atoms with Crippen LogP contribution in [0.15, 0.2) is 30.2 Å². The first kappa shape index (κ1) is 12.9. The summed E-state index contributed by atoms with van der Waals surface area (Å²) in [5.74, 6) is -0.443. The SMILES string of the molecule is CC1=CN(C(=O)Nc2c(C)cccc2C(=O)O)CO1. The topological polar surface area (TPSA) is 78.9 Å². The van der Waals surface area contributed by atoms with Gasteiger partial charge in [-0.15, -0.1) is 0 Å². The van der Waals surface area contributed by atoms with Crippen molar-refractivity contribution in [2.24, 2.45) is 0 Å². The molecule has 1 aromatic rings. The lowest BCUT2D eigenvalue weighted by Gasteiger charge is -2.16. The summed E-state index contributed by atoms with van der Waals surface area (Å²) < 4.78 is 5.14. The largest absolute Gasteiger partial charge is 0.478 e. The van der Waals surface area contributed by atoms with E-state index in [1.165, 1.54) is 11.0 Å². The second-order valence-corrected chi connectivity index (χ2v) is 4.22. The average Bonchev–Trinajstić information content (AvgIpc) is 2.78. The van der Waals surface area contributed by atoms with E-state index in [0.717, 1.165) is 0 Å². The van der Waals surface area contributed by atoms with Gasteiger partial charge in [-0.05, 0) is 25.5 Å². The number of benzene rings is 1. The van der Waals surface area contributed by atoms with Crippen molar-refractivity contribution in [1.29, 1.82) is 0 Å². The molecule has 0 aromatic heterocycles. The molecule has 1 heterocycles. The first-order chi connectivity index (χ1) is 8.99. The van der Waals surface area contributed by atoms with Gasteiger partial charge in [-0.3, -0.25) is 4.90 Å². The number of aromatic carboxylic acids is 1. The van der Waals surface area contributed by atoms with Crippen LogP contribution in [-0.4, -0.2) is 28.7 Å². The van der Waals surface area contributed by atoms with Gasteiger partial charge in [-0.2, -0.15) is 0 Å². The molecule has 1 aliphatic rings. The van der Waals surface area contributed by atoms with Crippen molar-refractivity contribution in [3.8, 4) is 0 Å². The fourth-order valence-corrected chi connectivity index (χ4v) is 1.77. The molecule has 0 atom stereocenters. The van der Waals surface area contributed by atoms with E-state index in [1.54, 1.807) is 32.2 Å². The van der Waals surface area contributed by atoms with Gasteiger partial charge < -0.3 is 15.2 Å². The number of nitrogens with one attached hydrogen (secondary N) is 1. The third-order valence-corrected chi connectivity index (χ3v) is 2.76. The number of hydrogen-bond acceptors (Lipinski definition) is 3. The number of carbonyl (C=O) groups is 2. The number of amides is 2.